The van der Waals surface area contributed by atoms with Gasteiger partial charge in [0.25, 0.3) is 5.69 Å². The summed E-state index contributed by atoms with van der Waals surface area (Å²) in [4.78, 5) is 9.93. The van der Waals surface area contributed by atoms with Crippen LogP contribution in [-0.2, 0) is 14.8 Å². The summed E-state index contributed by atoms with van der Waals surface area (Å²) in [5.41, 5.74) is 4.96. The maximum atomic E-state index is 12.1. The Labute approximate surface area is 122 Å². The summed E-state index contributed by atoms with van der Waals surface area (Å²) in [6, 6.07) is 3.44. The van der Waals surface area contributed by atoms with Crippen molar-refractivity contribution in [3.05, 3.63) is 28.3 Å². The Morgan fingerprint density at radius 1 is 1.48 bits per heavy atom. The quantitative estimate of drug-likeness (QED) is 0.472. The number of nitrogen functional groups attached to an aromatic ring is 1. The van der Waals surface area contributed by atoms with Crippen LogP contribution in [0.4, 0.5) is 11.4 Å². The van der Waals surface area contributed by atoms with Gasteiger partial charge in [0, 0.05) is 19.2 Å². The van der Waals surface area contributed by atoms with Crippen molar-refractivity contribution in [2.75, 3.05) is 25.5 Å². The van der Waals surface area contributed by atoms with Crippen LogP contribution in [0, 0.1) is 16.0 Å². The Hall–Kier alpha value is -1.71. The standard InChI is InChI=1S/C12H17N3O5S/c13-11-4-3-10(6-12(11)15(16)17)21(18,19)14-7-9-2-1-5-20-8-9/h3-4,6,9,14H,1-2,5,7-8,13H2. The minimum Gasteiger partial charge on any atom is -0.393 e. The van der Waals surface area contributed by atoms with Crippen molar-refractivity contribution in [1.82, 2.24) is 4.72 Å². The molecular weight excluding hydrogens is 298 g/mol. The van der Waals surface area contributed by atoms with Crippen molar-refractivity contribution in [1.29, 1.82) is 0 Å². The van der Waals surface area contributed by atoms with E-state index in [2.05, 4.69) is 4.72 Å². The van der Waals surface area contributed by atoms with E-state index >= 15 is 0 Å². The molecular formula is C12H17N3O5S. The van der Waals surface area contributed by atoms with Gasteiger partial charge < -0.3 is 10.5 Å². The van der Waals surface area contributed by atoms with E-state index in [1.165, 1.54) is 12.1 Å². The third-order valence-corrected chi connectivity index (χ3v) is 4.75. The molecule has 0 saturated carbocycles. The molecule has 1 aliphatic rings. The lowest BCUT2D eigenvalue weighted by molar-refractivity contribution is -0.384. The molecule has 0 bridgehead atoms. The number of nitro groups is 1. The fourth-order valence-corrected chi connectivity index (χ4v) is 3.26. The number of nitrogens with zero attached hydrogens (tertiary/aromatic N) is 1. The molecule has 8 nitrogen and oxygen atoms in total. The Morgan fingerprint density at radius 3 is 2.86 bits per heavy atom. The predicted octanol–water partition coefficient (Wildman–Crippen LogP) is 0.882. The van der Waals surface area contributed by atoms with Crippen molar-refractivity contribution in [3.63, 3.8) is 0 Å². The van der Waals surface area contributed by atoms with Gasteiger partial charge in [-0.25, -0.2) is 13.1 Å². The van der Waals surface area contributed by atoms with E-state index in [4.69, 9.17) is 10.5 Å². The van der Waals surface area contributed by atoms with Gasteiger partial charge in [-0.15, -0.1) is 0 Å². The maximum absolute atomic E-state index is 12.1. The van der Waals surface area contributed by atoms with Crippen molar-refractivity contribution in [2.45, 2.75) is 17.7 Å². The van der Waals surface area contributed by atoms with Gasteiger partial charge in [-0.05, 0) is 30.9 Å². The number of nitrogens with one attached hydrogen (secondary N) is 1. The topological polar surface area (TPSA) is 125 Å². The average Bonchev–Trinajstić information content (AvgIpc) is 2.46. The van der Waals surface area contributed by atoms with Gasteiger partial charge in [0.15, 0.2) is 0 Å². The largest absolute Gasteiger partial charge is 0.393 e. The second kappa shape index (κ2) is 6.37. The van der Waals surface area contributed by atoms with Crippen molar-refractivity contribution >= 4 is 21.4 Å². The first kappa shape index (κ1) is 15.7. The number of hydrogen-bond donors (Lipinski definition) is 2. The van der Waals surface area contributed by atoms with E-state index in [-0.39, 0.29) is 23.0 Å². The van der Waals surface area contributed by atoms with E-state index in [0.717, 1.165) is 18.9 Å². The predicted molar refractivity (Wildman–Crippen MR) is 76.2 cm³/mol. The number of rotatable bonds is 5. The number of benzene rings is 1. The van der Waals surface area contributed by atoms with Crippen molar-refractivity contribution in [2.24, 2.45) is 5.92 Å². The van der Waals surface area contributed by atoms with Crippen molar-refractivity contribution < 1.29 is 18.1 Å². The van der Waals surface area contributed by atoms with Crippen LogP contribution in [0.5, 0.6) is 0 Å². The van der Waals surface area contributed by atoms with Gasteiger partial charge in [0.05, 0.1) is 16.4 Å². The van der Waals surface area contributed by atoms with Crippen LogP contribution in [0.3, 0.4) is 0 Å². The van der Waals surface area contributed by atoms with Gasteiger partial charge in [-0.1, -0.05) is 0 Å². The van der Waals surface area contributed by atoms with Crippen LogP contribution >= 0.6 is 0 Å². The zero-order valence-electron chi connectivity index (χ0n) is 11.3. The number of hydrogen-bond acceptors (Lipinski definition) is 6. The summed E-state index contributed by atoms with van der Waals surface area (Å²) >= 11 is 0. The molecule has 1 heterocycles. The minimum atomic E-state index is -3.80. The normalized spacial score (nSPS) is 19.3. The maximum Gasteiger partial charge on any atom is 0.293 e. The Morgan fingerprint density at radius 2 is 2.24 bits per heavy atom. The summed E-state index contributed by atoms with van der Waals surface area (Å²) in [6.45, 7) is 1.47. The number of nitro benzene ring substituents is 1. The highest BCUT2D eigenvalue weighted by Gasteiger charge is 2.22. The minimum absolute atomic E-state index is 0.0698. The molecule has 1 aromatic carbocycles. The molecule has 1 fully saturated rings. The fourth-order valence-electron chi connectivity index (χ4n) is 2.13. The molecule has 1 aliphatic heterocycles. The molecule has 1 saturated heterocycles. The molecule has 1 atom stereocenters. The van der Waals surface area contributed by atoms with Crippen LogP contribution in [0.25, 0.3) is 0 Å². The smallest absolute Gasteiger partial charge is 0.293 e. The summed E-state index contributed by atoms with van der Waals surface area (Å²) < 4.78 is 32.0. The van der Waals surface area contributed by atoms with E-state index in [0.29, 0.717) is 13.2 Å². The van der Waals surface area contributed by atoms with Crippen LogP contribution < -0.4 is 10.5 Å². The SMILES string of the molecule is Nc1ccc(S(=O)(=O)NCC2CCCOC2)cc1[N+](=O)[O-]. The lowest BCUT2D eigenvalue weighted by atomic mass is 10.0. The number of sulfonamides is 1. The number of nitrogens with two attached hydrogens (primary N) is 1. The van der Waals surface area contributed by atoms with Gasteiger partial charge >= 0.3 is 0 Å². The first-order valence-electron chi connectivity index (χ1n) is 6.51. The average molecular weight is 315 g/mol. The van der Waals surface area contributed by atoms with Gasteiger partial charge in [-0.3, -0.25) is 10.1 Å². The van der Waals surface area contributed by atoms with Crippen LogP contribution in [-0.4, -0.2) is 33.1 Å². The Bertz CT molecular complexity index is 626. The molecule has 0 amide bonds. The molecule has 0 aromatic heterocycles. The van der Waals surface area contributed by atoms with Gasteiger partial charge in [-0.2, -0.15) is 0 Å². The second-order valence-corrected chi connectivity index (χ2v) is 6.68. The van der Waals surface area contributed by atoms with Gasteiger partial charge in [0.1, 0.15) is 5.69 Å². The molecule has 2 rings (SSSR count). The molecule has 0 aliphatic carbocycles. The molecule has 0 radical (unpaired) electrons. The molecule has 116 valence electrons. The van der Waals surface area contributed by atoms with E-state index in [9.17, 15) is 18.5 Å². The highest BCUT2D eigenvalue weighted by molar-refractivity contribution is 7.89. The van der Waals surface area contributed by atoms with Gasteiger partial charge in [0.2, 0.25) is 10.0 Å². The monoisotopic (exact) mass is 315 g/mol. The van der Waals surface area contributed by atoms with Crippen LogP contribution in [0.1, 0.15) is 12.8 Å². The molecule has 9 heteroatoms. The molecule has 1 aromatic rings. The zero-order chi connectivity index (χ0) is 15.5. The van der Waals surface area contributed by atoms with E-state index in [1.807, 2.05) is 0 Å². The van der Waals surface area contributed by atoms with E-state index < -0.39 is 20.6 Å². The first-order chi connectivity index (χ1) is 9.90. The molecule has 21 heavy (non-hydrogen) atoms. The number of ether oxygens (including phenoxy) is 1. The Kier molecular flexibility index (Phi) is 4.76. The zero-order valence-corrected chi connectivity index (χ0v) is 12.1. The summed E-state index contributed by atoms with van der Waals surface area (Å²) in [7, 11) is -3.80. The Balaban J connectivity index is 2.11. The fraction of sp³-hybridized carbons (Fsp3) is 0.500. The third kappa shape index (κ3) is 3.90. The summed E-state index contributed by atoms with van der Waals surface area (Å²) in [6.07, 6.45) is 1.80. The molecule has 1 unspecified atom stereocenters. The van der Waals surface area contributed by atoms with Crippen LogP contribution in [0.2, 0.25) is 0 Å². The molecule has 3 N–H and O–H groups in total. The third-order valence-electron chi connectivity index (χ3n) is 3.33. The highest BCUT2D eigenvalue weighted by Crippen LogP contribution is 2.24. The number of anilines is 1. The lowest BCUT2D eigenvalue weighted by Crippen LogP contribution is -2.33. The molecule has 0 spiro atoms. The summed E-state index contributed by atoms with van der Waals surface area (Å²) in [5.74, 6) is 0.122. The lowest BCUT2D eigenvalue weighted by Gasteiger charge is -2.22. The van der Waals surface area contributed by atoms with E-state index in [1.54, 1.807) is 0 Å². The highest BCUT2D eigenvalue weighted by atomic mass is 32.2. The first-order valence-corrected chi connectivity index (χ1v) is 8.00. The second-order valence-electron chi connectivity index (χ2n) is 4.91. The van der Waals surface area contributed by atoms with Crippen LogP contribution in [0.15, 0.2) is 23.1 Å². The van der Waals surface area contributed by atoms with Crippen molar-refractivity contribution in [3.8, 4) is 0 Å². The summed E-state index contributed by atoms with van der Waals surface area (Å²) in [5, 5.41) is 10.8.